The first-order valence-electron chi connectivity index (χ1n) is 5.16. The SMILES string of the molecule is Nc1cc2c(cc1SCCO)CCC(=O)N2. The van der Waals surface area contributed by atoms with Gasteiger partial charge >= 0.3 is 0 Å². The molecule has 16 heavy (non-hydrogen) atoms. The standard InChI is InChI=1S/C11H14N2O2S/c12-8-6-9-7(1-2-11(15)13-9)5-10(8)16-4-3-14/h5-6,14H,1-4,12H2,(H,13,15). The maximum absolute atomic E-state index is 11.2. The van der Waals surface area contributed by atoms with E-state index < -0.39 is 0 Å². The Morgan fingerprint density at radius 1 is 1.44 bits per heavy atom. The number of benzene rings is 1. The number of aliphatic hydroxyl groups is 1. The van der Waals surface area contributed by atoms with Gasteiger partial charge in [0.05, 0.1) is 6.61 Å². The molecule has 1 aliphatic rings. The molecule has 86 valence electrons. The Morgan fingerprint density at radius 2 is 2.25 bits per heavy atom. The molecule has 4 nitrogen and oxygen atoms in total. The highest BCUT2D eigenvalue weighted by molar-refractivity contribution is 7.99. The number of amides is 1. The Hall–Kier alpha value is -1.20. The summed E-state index contributed by atoms with van der Waals surface area (Å²) in [7, 11) is 0. The molecule has 1 heterocycles. The number of hydrogen-bond donors (Lipinski definition) is 3. The summed E-state index contributed by atoms with van der Waals surface area (Å²) in [5.74, 6) is 0.678. The number of nitrogens with one attached hydrogen (secondary N) is 1. The lowest BCUT2D eigenvalue weighted by atomic mass is 10.0. The summed E-state index contributed by atoms with van der Waals surface area (Å²) in [6.07, 6.45) is 1.29. The number of anilines is 2. The molecule has 0 radical (unpaired) electrons. The Morgan fingerprint density at radius 3 is 3.00 bits per heavy atom. The molecule has 1 amide bonds. The minimum Gasteiger partial charge on any atom is -0.398 e. The van der Waals surface area contributed by atoms with Crippen LogP contribution in [0.3, 0.4) is 0 Å². The van der Waals surface area contributed by atoms with Gasteiger partial charge in [-0.25, -0.2) is 0 Å². The fourth-order valence-corrected chi connectivity index (χ4v) is 2.47. The van der Waals surface area contributed by atoms with Gasteiger partial charge in [-0.3, -0.25) is 4.79 Å². The quantitative estimate of drug-likeness (QED) is 0.547. The minimum absolute atomic E-state index is 0.0441. The van der Waals surface area contributed by atoms with Gasteiger partial charge in [0, 0.05) is 28.4 Å². The van der Waals surface area contributed by atoms with Crippen LogP contribution in [0.25, 0.3) is 0 Å². The molecule has 0 saturated heterocycles. The third-order valence-electron chi connectivity index (χ3n) is 2.48. The van der Waals surface area contributed by atoms with Gasteiger partial charge in [-0.15, -0.1) is 11.8 Å². The normalized spacial score (nSPS) is 14.4. The molecule has 0 spiro atoms. The molecular formula is C11H14N2O2S. The number of thioether (sulfide) groups is 1. The van der Waals surface area contributed by atoms with E-state index >= 15 is 0 Å². The number of nitrogen functional groups attached to an aromatic ring is 1. The second-order valence-electron chi connectivity index (χ2n) is 3.67. The van der Waals surface area contributed by atoms with E-state index in [1.807, 2.05) is 6.07 Å². The van der Waals surface area contributed by atoms with Crippen molar-refractivity contribution in [2.75, 3.05) is 23.4 Å². The van der Waals surface area contributed by atoms with Crippen molar-refractivity contribution in [3.63, 3.8) is 0 Å². The van der Waals surface area contributed by atoms with Crippen LogP contribution in [0, 0.1) is 0 Å². The zero-order chi connectivity index (χ0) is 11.5. The van der Waals surface area contributed by atoms with Crippen molar-refractivity contribution < 1.29 is 9.90 Å². The molecule has 1 aromatic rings. The van der Waals surface area contributed by atoms with Crippen molar-refractivity contribution in [1.82, 2.24) is 0 Å². The lowest BCUT2D eigenvalue weighted by molar-refractivity contribution is -0.116. The van der Waals surface area contributed by atoms with E-state index in [0.717, 1.165) is 22.6 Å². The summed E-state index contributed by atoms with van der Waals surface area (Å²) in [4.78, 5) is 12.2. The Bertz CT molecular complexity index is 421. The molecule has 0 fully saturated rings. The van der Waals surface area contributed by atoms with Crippen LogP contribution in [0.2, 0.25) is 0 Å². The van der Waals surface area contributed by atoms with Crippen molar-refractivity contribution in [2.24, 2.45) is 0 Å². The van der Waals surface area contributed by atoms with Gasteiger partial charge in [-0.2, -0.15) is 0 Å². The highest BCUT2D eigenvalue weighted by atomic mass is 32.2. The summed E-state index contributed by atoms with van der Waals surface area (Å²) in [6.45, 7) is 0.137. The first-order chi connectivity index (χ1) is 7.70. The summed E-state index contributed by atoms with van der Waals surface area (Å²) in [6, 6.07) is 3.80. The van der Waals surface area contributed by atoms with Crippen LogP contribution in [0.5, 0.6) is 0 Å². The summed E-state index contributed by atoms with van der Waals surface area (Å²) < 4.78 is 0. The minimum atomic E-state index is 0.0441. The molecule has 0 saturated carbocycles. The molecule has 0 unspecified atom stereocenters. The number of carbonyl (C=O) groups excluding carboxylic acids is 1. The molecule has 0 aromatic heterocycles. The van der Waals surface area contributed by atoms with Crippen molar-refractivity contribution in [3.05, 3.63) is 17.7 Å². The number of rotatable bonds is 3. The number of hydrogen-bond acceptors (Lipinski definition) is 4. The Kier molecular flexibility index (Phi) is 3.36. The molecule has 4 N–H and O–H groups in total. The maximum Gasteiger partial charge on any atom is 0.224 e. The van der Waals surface area contributed by atoms with Gasteiger partial charge in [0.2, 0.25) is 5.91 Å². The van der Waals surface area contributed by atoms with E-state index in [2.05, 4.69) is 5.32 Å². The van der Waals surface area contributed by atoms with Crippen LogP contribution >= 0.6 is 11.8 Å². The van der Waals surface area contributed by atoms with E-state index in [9.17, 15) is 4.79 Å². The second kappa shape index (κ2) is 4.76. The van der Waals surface area contributed by atoms with E-state index in [1.54, 1.807) is 6.07 Å². The molecule has 0 bridgehead atoms. The zero-order valence-electron chi connectivity index (χ0n) is 8.82. The Balaban J connectivity index is 2.27. The van der Waals surface area contributed by atoms with E-state index in [0.29, 0.717) is 17.9 Å². The van der Waals surface area contributed by atoms with Crippen molar-refractivity contribution >= 4 is 29.0 Å². The third-order valence-corrected chi connectivity index (χ3v) is 3.53. The van der Waals surface area contributed by atoms with Gasteiger partial charge < -0.3 is 16.2 Å². The average molecular weight is 238 g/mol. The average Bonchev–Trinajstić information content (AvgIpc) is 2.26. The highest BCUT2D eigenvalue weighted by Crippen LogP contribution is 2.33. The third kappa shape index (κ3) is 2.31. The monoisotopic (exact) mass is 238 g/mol. The van der Waals surface area contributed by atoms with Crippen LogP contribution in [-0.4, -0.2) is 23.4 Å². The predicted octanol–water partition coefficient (Wildman–Crippen LogP) is 1.24. The molecule has 0 atom stereocenters. The molecule has 5 heteroatoms. The summed E-state index contributed by atoms with van der Waals surface area (Å²) in [5, 5.41) is 11.6. The van der Waals surface area contributed by atoms with Crippen molar-refractivity contribution in [3.8, 4) is 0 Å². The topological polar surface area (TPSA) is 75.3 Å². The molecule has 2 rings (SSSR count). The van der Waals surface area contributed by atoms with E-state index in [4.69, 9.17) is 10.8 Å². The van der Waals surface area contributed by atoms with Gasteiger partial charge in [0.15, 0.2) is 0 Å². The number of aliphatic hydroxyl groups excluding tert-OH is 1. The van der Waals surface area contributed by atoms with Crippen LogP contribution < -0.4 is 11.1 Å². The molecule has 1 aliphatic heterocycles. The number of nitrogens with two attached hydrogens (primary N) is 1. The van der Waals surface area contributed by atoms with Crippen molar-refractivity contribution in [1.29, 1.82) is 0 Å². The van der Waals surface area contributed by atoms with Gasteiger partial charge in [0.25, 0.3) is 0 Å². The van der Waals surface area contributed by atoms with Gasteiger partial charge in [0.1, 0.15) is 0 Å². The second-order valence-corrected chi connectivity index (χ2v) is 4.80. The van der Waals surface area contributed by atoms with Crippen LogP contribution in [0.4, 0.5) is 11.4 Å². The zero-order valence-corrected chi connectivity index (χ0v) is 9.64. The lowest BCUT2D eigenvalue weighted by Gasteiger charge is -2.18. The summed E-state index contributed by atoms with van der Waals surface area (Å²) in [5.41, 5.74) is 8.47. The molecular weight excluding hydrogens is 224 g/mol. The summed E-state index contributed by atoms with van der Waals surface area (Å²) >= 11 is 1.53. The first-order valence-corrected chi connectivity index (χ1v) is 6.15. The highest BCUT2D eigenvalue weighted by Gasteiger charge is 2.16. The van der Waals surface area contributed by atoms with E-state index in [1.165, 1.54) is 11.8 Å². The van der Waals surface area contributed by atoms with Crippen LogP contribution in [0.1, 0.15) is 12.0 Å². The first kappa shape index (κ1) is 11.3. The maximum atomic E-state index is 11.2. The fraction of sp³-hybridized carbons (Fsp3) is 0.364. The lowest BCUT2D eigenvalue weighted by Crippen LogP contribution is -2.19. The van der Waals surface area contributed by atoms with Gasteiger partial charge in [-0.05, 0) is 24.1 Å². The van der Waals surface area contributed by atoms with Crippen LogP contribution in [-0.2, 0) is 11.2 Å². The fourth-order valence-electron chi connectivity index (χ4n) is 1.70. The van der Waals surface area contributed by atoms with E-state index in [-0.39, 0.29) is 12.5 Å². The number of carbonyl (C=O) groups is 1. The number of aryl methyl sites for hydroxylation is 1. The largest absolute Gasteiger partial charge is 0.398 e. The molecule has 1 aromatic carbocycles. The van der Waals surface area contributed by atoms with Crippen molar-refractivity contribution in [2.45, 2.75) is 17.7 Å². The molecule has 0 aliphatic carbocycles. The smallest absolute Gasteiger partial charge is 0.224 e. The Labute approximate surface area is 98.2 Å². The predicted molar refractivity (Wildman–Crippen MR) is 65.6 cm³/mol. The number of fused-ring (bicyclic) bond motifs is 1. The van der Waals surface area contributed by atoms with Crippen LogP contribution in [0.15, 0.2) is 17.0 Å². The van der Waals surface area contributed by atoms with Gasteiger partial charge in [-0.1, -0.05) is 0 Å².